The van der Waals surface area contributed by atoms with Gasteiger partial charge in [-0.1, -0.05) is 6.08 Å². The molecule has 1 unspecified atom stereocenters. The number of hydrogen-bond donors (Lipinski definition) is 2. The van der Waals surface area contributed by atoms with Crippen LogP contribution in [0.25, 0.3) is 5.57 Å². The van der Waals surface area contributed by atoms with E-state index in [4.69, 9.17) is 10.5 Å². The van der Waals surface area contributed by atoms with E-state index in [-0.39, 0.29) is 24.0 Å². The van der Waals surface area contributed by atoms with Crippen LogP contribution in [0, 0.1) is 0 Å². The van der Waals surface area contributed by atoms with Gasteiger partial charge in [-0.25, -0.2) is 0 Å². The maximum absolute atomic E-state index is 12.9. The van der Waals surface area contributed by atoms with Crippen LogP contribution in [-0.4, -0.2) is 76.6 Å². The Kier molecular flexibility index (Phi) is 8.01. The third-order valence-electron chi connectivity index (χ3n) is 7.47. The Morgan fingerprint density at radius 2 is 1.85 bits per heavy atom. The fraction of sp³-hybridized carbons (Fsp3) is 0.379. The third kappa shape index (κ3) is 5.79. The van der Waals surface area contributed by atoms with E-state index in [0.717, 1.165) is 55.9 Å². The van der Waals surface area contributed by atoms with Crippen molar-refractivity contribution in [3.8, 4) is 5.75 Å². The Balaban J connectivity index is 1.04. The number of primary amides is 1. The number of nitrogens with one attached hydrogen (secondary N) is 1. The van der Waals surface area contributed by atoms with Gasteiger partial charge in [0.2, 0.25) is 17.7 Å². The summed E-state index contributed by atoms with van der Waals surface area (Å²) in [6, 6.07) is 7.32. The zero-order valence-corrected chi connectivity index (χ0v) is 22.1. The molecule has 3 N–H and O–H groups in total. The van der Waals surface area contributed by atoms with Gasteiger partial charge in [0.05, 0.1) is 29.0 Å². The molecule has 0 spiro atoms. The highest BCUT2D eigenvalue weighted by molar-refractivity contribution is 6.23. The minimum atomic E-state index is -0.983. The Hall–Kier alpha value is -4.38. The number of imide groups is 2. The molecule has 0 radical (unpaired) electrons. The maximum Gasteiger partial charge on any atom is 0.262 e. The molecule has 3 aliphatic rings. The van der Waals surface area contributed by atoms with Crippen molar-refractivity contribution >= 4 is 35.1 Å². The summed E-state index contributed by atoms with van der Waals surface area (Å²) in [5, 5.41) is 2.19. The average molecular weight is 546 g/mol. The van der Waals surface area contributed by atoms with Crippen LogP contribution in [0.3, 0.4) is 0 Å². The first-order valence-corrected chi connectivity index (χ1v) is 13.5. The topological polar surface area (TPSA) is 152 Å². The van der Waals surface area contributed by atoms with Crippen LogP contribution in [0.4, 0.5) is 0 Å². The summed E-state index contributed by atoms with van der Waals surface area (Å²) in [6.07, 6.45) is 7.65. The highest BCUT2D eigenvalue weighted by Gasteiger charge is 2.44. The van der Waals surface area contributed by atoms with Crippen molar-refractivity contribution in [2.45, 2.75) is 44.6 Å². The lowest BCUT2D eigenvalue weighted by molar-refractivity contribution is -0.136. The van der Waals surface area contributed by atoms with E-state index in [9.17, 15) is 24.0 Å². The SMILES string of the molecule is NC(=O)c1ccc(C2=CCN(CCCCCOc3ccc4c(c3)C(=O)N(C3CCC(=O)NC3=O)C4=O)CC2)nc1. The molecule has 40 heavy (non-hydrogen) atoms. The second kappa shape index (κ2) is 11.8. The van der Waals surface area contributed by atoms with Crippen molar-refractivity contribution in [3.63, 3.8) is 0 Å². The average Bonchev–Trinajstić information content (AvgIpc) is 3.20. The van der Waals surface area contributed by atoms with E-state index in [1.54, 1.807) is 24.3 Å². The van der Waals surface area contributed by atoms with Gasteiger partial charge >= 0.3 is 0 Å². The molecule has 0 saturated carbocycles. The van der Waals surface area contributed by atoms with Gasteiger partial charge in [0.1, 0.15) is 11.8 Å². The zero-order valence-electron chi connectivity index (χ0n) is 22.1. The van der Waals surface area contributed by atoms with E-state index in [0.29, 0.717) is 17.9 Å². The summed E-state index contributed by atoms with van der Waals surface area (Å²) in [5.74, 6) is -2.09. The highest BCUT2D eigenvalue weighted by atomic mass is 16.5. The Bertz CT molecular complexity index is 1390. The first kappa shape index (κ1) is 27.2. The van der Waals surface area contributed by atoms with E-state index in [2.05, 4.69) is 21.3 Å². The fourth-order valence-corrected chi connectivity index (χ4v) is 5.22. The molecule has 11 nitrogen and oxygen atoms in total. The molecular weight excluding hydrogens is 514 g/mol. The number of piperidine rings is 1. The molecule has 2 aromatic rings. The van der Waals surface area contributed by atoms with Crippen molar-refractivity contribution in [2.24, 2.45) is 5.73 Å². The zero-order chi connectivity index (χ0) is 28.2. The van der Waals surface area contributed by atoms with Crippen molar-refractivity contribution in [2.75, 3.05) is 26.2 Å². The predicted octanol–water partition coefficient (Wildman–Crippen LogP) is 1.92. The quantitative estimate of drug-likeness (QED) is 0.339. The van der Waals surface area contributed by atoms with Crippen LogP contribution in [-0.2, 0) is 9.59 Å². The molecule has 1 aromatic heterocycles. The van der Waals surface area contributed by atoms with Gasteiger partial charge in [0.15, 0.2) is 0 Å². The molecule has 1 fully saturated rings. The molecule has 1 atom stereocenters. The smallest absolute Gasteiger partial charge is 0.262 e. The minimum Gasteiger partial charge on any atom is -0.494 e. The molecule has 11 heteroatoms. The molecule has 5 amide bonds. The van der Waals surface area contributed by atoms with Crippen LogP contribution >= 0.6 is 0 Å². The van der Waals surface area contributed by atoms with Gasteiger partial charge in [-0.05, 0) is 74.6 Å². The monoisotopic (exact) mass is 545 g/mol. The molecule has 1 saturated heterocycles. The summed E-state index contributed by atoms with van der Waals surface area (Å²) in [5.41, 5.74) is 8.18. The maximum atomic E-state index is 12.9. The van der Waals surface area contributed by atoms with Crippen LogP contribution in [0.2, 0.25) is 0 Å². The second-order valence-corrected chi connectivity index (χ2v) is 10.1. The largest absolute Gasteiger partial charge is 0.494 e. The highest BCUT2D eigenvalue weighted by Crippen LogP contribution is 2.30. The summed E-state index contributed by atoms with van der Waals surface area (Å²) < 4.78 is 5.84. The predicted molar refractivity (Wildman–Crippen MR) is 144 cm³/mol. The molecule has 1 aromatic carbocycles. The fourth-order valence-electron chi connectivity index (χ4n) is 5.22. The van der Waals surface area contributed by atoms with Crippen molar-refractivity contribution in [1.29, 1.82) is 0 Å². The van der Waals surface area contributed by atoms with Gasteiger partial charge in [0.25, 0.3) is 11.8 Å². The number of aromatic nitrogens is 1. The normalized spacial score (nSPS) is 19.4. The van der Waals surface area contributed by atoms with Gasteiger partial charge in [-0.3, -0.25) is 44.1 Å². The van der Waals surface area contributed by atoms with Crippen LogP contribution < -0.4 is 15.8 Å². The second-order valence-electron chi connectivity index (χ2n) is 10.1. The Morgan fingerprint density at radius 3 is 2.55 bits per heavy atom. The van der Waals surface area contributed by atoms with Gasteiger partial charge in [-0.2, -0.15) is 0 Å². The molecule has 4 heterocycles. The van der Waals surface area contributed by atoms with Crippen LogP contribution in [0.5, 0.6) is 5.75 Å². The Morgan fingerprint density at radius 1 is 1.02 bits per heavy atom. The number of nitrogens with zero attached hydrogens (tertiary/aromatic N) is 3. The number of carbonyl (C=O) groups excluding carboxylic acids is 5. The summed E-state index contributed by atoms with van der Waals surface area (Å²) in [6.45, 7) is 3.25. The number of hydrogen-bond acceptors (Lipinski definition) is 8. The number of ether oxygens (including phenoxy) is 1. The molecule has 3 aliphatic heterocycles. The van der Waals surface area contributed by atoms with E-state index in [1.165, 1.54) is 11.8 Å². The first-order chi connectivity index (χ1) is 19.3. The number of fused-ring (bicyclic) bond motifs is 1. The summed E-state index contributed by atoms with van der Waals surface area (Å²) in [7, 11) is 0. The number of rotatable bonds is 10. The number of amides is 5. The number of unbranched alkanes of at least 4 members (excludes halogenated alkanes) is 2. The van der Waals surface area contributed by atoms with Gasteiger partial charge in [-0.15, -0.1) is 0 Å². The summed E-state index contributed by atoms with van der Waals surface area (Å²) in [4.78, 5) is 68.3. The molecular formula is C29H31N5O6. The molecule has 208 valence electrons. The lowest BCUT2D eigenvalue weighted by atomic mass is 10.0. The van der Waals surface area contributed by atoms with Gasteiger partial charge in [0, 0.05) is 25.7 Å². The van der Waals surface area contributed by atoms with E-state index >= 15 is 0 Å². The minimum absolute atomic E-state index is 0.0826. The van der Waals surface area contributed by atoms with E-state index in [1.807, 2.05) is 6.07 Å². The lowest BCUT2D eigenvalue weighted by Crippen LogP contribution is -2.54. The molecule has 0 bridgehead atoms. The number of carbonyl (C=O) groups is 5. The van der Waals surface area contributed by atoms with Crippen molar-refractivity contribution in [3.05, 3.63) is 65.0 Å². The first-order valence-electron chi connectivity index (χ1n) is 13.5. The molecule has 5 rings (SSSR count). The van der Waals surface area contributed by atoms with Crippen LogP contribution in [0.1, 0.15) is 75.3 Å². The van der Waals surface area contributed by atoms with Gasteiger partial charge < -0.3 is 10.5 Å². The van der Waals surface area contributed by atoms with E-state index < -0.39 is 35.6 Å². The molecule has 0 aliphatic carbocycles. The number of pyridine rings is 1. The lowest BCUT2D eigenvalue weighted by Gasteiger charge is -2.27. The number of benzene rings is 1. The van der Waals surface area contributed by atoms with Crippen molar-refractivity contribution in [1.82, 2.24) is 20.1 Å². The Labute approximate surface area is 231 Å². The standard InChI is InChI=1S/C29H31N5O6/c30-26(36)19-4-7-23(31-17-19)18-10-13-33(14-11-18)12-2-1-3-15-40-20-5-6-21-22(16-20)29(39)34(28(21)38)24-8-9-25(35)32-27(24)37/h4-7,10,16-17,24H,1-3,8-9,11-15H2,(H2,30,36)(H,32,35,37). The summed E-state index contributed by atoms with van der Waals surface area (Å²) >= 11 is 0. The number of nitrogens with two attached hydrogens (primary N) is 1. The third-order valence-corrected chi connectivity index (χ3v) is 7.47. The van der Waals surface area contributed by atoms with Crippen LogP contribution in [0.15, 0.2) is 42.6 Å². The van der Waals surface area contributed by atoms with Crippen molar-refractivity contribution < 1.29 is 28.7 Å².